The van der Waals surface area contributed by atoms with Gasteiger partial charge in [-0.1, -0.05) is 24.6 Å². The Labute approximate surface area is 123 Å². The van der Waals surface area contributed by atoms with Crippen LogP contribution < -0.4 is 5.73 Å². The van der Waals surface area contributed by atoms with Gasteiger partial charge >= 0.3 is 0 Å². The maximum atomic E-state index is 6.00. The van der Waals surface area contributed by atoms with Crippen LogP contribution in [-0.2, 0) is 6.42 Å². The Balaban J connectivity index is 1.39. The third-order valence-corrected chi connectivity index (χ3v) is 5.47. The van der Waals surface area contributed by atoms with Crippen molar-refractivity contribution in [1.29, 1.82) is 0 Å². The maximum absolute atomic E-state index is 6.00. The first-order valence-electron chi connectivity index (χ1n) is 8.24. The Morgan fingerprint density at radius 3 is 2.75 bits per heavy atom. The summed E-state index contributed by atoms with van der Waals surface area (Å²) in [6.07, 6.45) is 8.36. The van der Waals surface area contributed by atoms with Gasteiger partial charge in [-0.2, -0.15) is 0 Å². The molecule has 0 amide bonds. The molecule has 3 rings (SSSR count). The lowest BCUT2D eigenvalue weighted by Crippen LogP contribution is -2.29. The van der Waals surface area contributed by atoms with Gasteiger partial charge in [0.05, 0.1) is 0 Å². The molecule has 2 N–H and O–H groups in total. The summed E-state index contributed by atoms with van der Waals surface area (Å²) in [5, 5.41) is 0. The number of fused-ring (bicyclic) bond motifs is 2. The summed E-state index contributed by atoms with van der Waals surface area (Å²) in [5.74, 6) is 3.11. The van der Waals surface area contributed by atoms with Crippen molar-refractivity contribution in [3.8, 4) is 0 Å². The van der Waals surface area contributed by atoms with E-state index < -0.39 is 0 Å². The molecule has 0 aromatic heterocycles. The van der Waals surface area contributed by atoms with Crippen LogP contribution in [0.25, 0.3) is 0 Å². The quantitative estimate of drug-likeness (QED) is 0.802. The van der Waals surface area contributed by atoms with E-state index in [4.69, 9.17) is 5.73 Å². The van der Waals surface area contributed by atoms with Gasteiger partial charge in [0, 0.05) is 12.2 Å². The molecule has 3 unspecified atom stereocenters. The Morgan fingerprint density at radius 1 is 1.20 bits per heavy atom. The van der Waals surface area contributed by atoms with Gasteiger partial charge in [0.2, 0.25) is 0 Å². The van der Waals surface area contributed by atoms with Crippen molar-refractivity contribution in [2.45, 2.75) is 38.5 Å². The highest BCUT2D eigenvalue weighted by molar-refractivity contribution is 5.46. The molecule has 2 aliphatic carbocycles. The predicted octanol–water partition coefficient (Wildman–Crippen LogP) is 3.57. The molecular formula is C18H28N2. The van der Waals surface area contributed by atoms with E-state index in [2.05, 4.69) is 24.1 Å². The second-order valence-corrected chi connectivity index (χ2v) is 7.00. The van der Waals surface area contributed by atoms with Crippen molar-refractivity contribution in [3.63, 3.8) is 0 Å². The first-order chi connectivity index (χ1) is 9.72. The SMILES string of the molecule is CN(CCCc1ccccc1N)CC1CC2CCC1C2. The first-order valence-corrected chi connectivity index (χ1v) is 8.24. The molecule has 2 heteroatoms. The van der Waals surface area contributed by atoms with Crippen LogP contribution in [0.5, 0.6) is 0 Å². The molecular weight excluding hydrogens is 244 g/mol. The summed E-state index contributed by atoms with van der Waals surface area (Å²) in [7, 11) is 2.29. The van der Waals surface area contributed by atoms with Gasteiger partial charge in [0.1, 0.15) is 0 Å². The lowest BCUT2D eigenvalue weighted by molar-refractivity contribution is 0.218. The standard InChI is InChI=1S/C18H28N2/c1-20(13-17-12-14-8-9-16(17)11-14)10-4-6-15-5-2-3-7-18(15)19/h2-3,5,7,14,16-17H,4,6,8-13,19H2,1H3. The first kappa shape index (κ1) is 13.9. The van der Waals surface area contributed by atoms with Crippen LogP contribution in [0, 0.1) is 17.8 Å². The topological polar surface area (TPSA) is 29.3 Å². The van der Waals surface area contributed by atoms with E-state index in [0.717, 1.165) is 29.9 Å². The van der Waals surface area contributed by atoms with Gasteiger partial charge in [0.15, 0.2) is 0 Å². The zero-order valence-electron chi connectivity index (χ0n) is 12.7. The van der Waals surface area contributed by atoms with E-state index in [9.17, 15) is 0 Å². The van der Waals surface area contributed by atoms with Gasteiger partial charge in [-0.25, -0.2) is 0 Å². The lowest BCUT2D eigenvalue weighted by Gasteiger charge is -2.27. The zero-order valence-corrected chi connectivity index (χ0v) is 12.7. The normalized spacial score (nSPS) is 28.4. The average Bonchev–Trinajstić information content (AvgIpc) is 3.03. The molecule has 1 aromatic rings. The number of nitrogens with two attached hydrogens (primary N) is 1. The van der Waals surface area contributed by atoms with Crippen LogP contribution in [-0.4, -0.2) is 25.0 Å². The molecule has 0 saturated heterocycles. The molecule has 3 atom stereocenters. The predicted molar refractivity (Wildman–Crippen MR) is 85.6 cm³/mol. The summed E-state index contributed by atoms with van der Waals surface area (Å²) in [6.45, 7) is 2.51. The van der Waals surface area contributed by atoms with E-state index in [1.807, 2.05) is 12.1 Å². The van der Waals surface area contributed by atoms with Gasteiger partial charge in [-0.15, -0.1) is 0 Å². The monoisotopic (exact) mass is 272 g/mol. The van der Waals surface area contributed by atoms with Crippen LogP contribution in [0.3, 0.4) is 0 Å². The molecule has 0 radical (unpaired) electrons. The van der Waals surface area contributed by atoms with Gasteiger partial charge < -0.3 is 10.6 Å². The van der Waals surface area contributed by atoms with E-state index in [0.29, 0.717) is 0 Å². The third kappa shape index (κ3) is 3.17. The van der Waals surface area contributed by atoms with Crippen molar-refractivity contribution in [1.82, 2.24) is 4.90 Å². The molecule has 0 heterocycles. The number of para-hydroxylation sites is 1. The van der Waals surface area contributed by atoms with Crippen molar-refractivity contribution < 1.29 is 0 Å². The van der Waals surface area contributed by atoms with Crippen LogP contribution in [0.1, 0.15) is 37.7 Å². The molecule has 0 spiro atoms. The minimum Gasteiger partial charge on any atom is -0.399 e. The summed E-state index contributed by atoms with van der Waals surface area (Å²) in [5.41, 5.74) is 8.25. The molecule has 2 nitrogen and oxygen atoms in total. The average molecular weight is 272 g/mol. The minimum absolute atomic E-state index is 0.947. The third-order valence-electron chi connectivity index (χ3n) is 5.47. The van der Waals surface area contributed by atoms with Gasteiger partial charge in [-0.05, 0) is 75.1 Å². The fourth-order valence-electron chi connectivity index (χ4n) is 4.39. The molecule has 2 saturated carbocycles. The maximum Gasteiger partial charge on any atom is 0.0346 e. The number of hydrogen-bond acceptors (Lipinski definition) is 2. The van der Waals surface area contributed by atoms with Crippen molar-refractivity contribution in [3.05, 3.63) is 29.8 Å². The van der Waals surface area contributed by atoms with Crippen molar-refractivity contribution in [2.24, 2.45) is 17.8 Å². The van der Waals surface area contributed by atoms with Crippen LogP contribution >= 0.6 is 0 Å². The minimum atomic E-state index is 0.947. The van der Waals surface area contributed by atoms with E-state index >= 15 is 0 Å². The molecule has 2 fully saturated rings. The number of aryl methyl sites for hydroxylation is 1. The summed E-state index contributed by atoms with van der Waals surface area (Å²) >= 11 is 0. The van der Waals surface area contributed by atoms with Crippen molar-refractivity contribution in [2.75, 3.05) is 25.9 Å². The number of nitrogen functional groups attached to an aromatic ring is 1. The summed E-state index contributed by atoms with van der Waals surface area (Å²) in [6, 6.07) is 8.27. The highest BCUT2D eigenvalue weighted by Gasteiger charge is 2.39. The van der Waals surface area contributed by atoms with E-state index in [-0.39, 0.29) is 0 Å². The lowest BCUT2D eigenvalue weighted by atomic mass is 9.88. The molecule has 110 valence electrons. The second kappa shape index (κ2) is 6.17. The fraction of sp³-hybridized carbons (Fsp3) is 0.667. The smallest absolute Gasteiger partial charge is 0.0346 e. The van der Waals surface area contributed by atoms with Gasteiger partial charge in [0.25, 0.3) is 0 Å². The molecule has 0 aliphatic heterocycles. The molecule has 2 bridgehead atoms. The molecule has 1 aromatic carbocycles. The Morgan fingerprint density at radius 2 is 2.05 bits per heavy atom. The molecule has 20 heavy (non-hydrogen) atoms. The zero-order chi connectivity index (χ0) is 13.9. The van der Waals surface area contributed by atoms with E-state index in [1.165, 1.54) is 50.8 Å². The number of hydrogen-bond donors (Lipinski definition) is 1. The van der Waals surface area contributed by atoms with Crippen molar-refractivity contribution >= 4 is 5.69 Å². The number of benzene rings is 1. The largest absolute Gasteiger partial charge is 0.399 e. The Bertz CT molecular complexity index is 443. The van der Waals surface area contributed by atoms with Gasteiger partial charge in [-0.3, -0.25) is 0 Å². The summed E-state index contributed by atoms with van der Waals surface area (Å²) < 4.78 is 0. The van der Waals surface area contributed by atoms with Crippen LogP contribution in [0.15, 0.2) is 24.3 Å². The fourth-order valence-corrected chi connectivity index (χ4v) is 4.39. The molecule has 2 aliphatic rings. The highest BCUT2D eigenvalue weighted by atomic mass is 15.1. The van der Waals surface area contributed by atoms with Crippen LogP contribution in [0.4, 0.5) is 5.69 Å². The van der Waals surface area contributed by atoms with E-state index in [1.54, 1.807) is 0 Å². The highest BCUT2D eigenvalue weighted by Crippen LogP contribution is 2.48. The summed E-state index contributed by atoms with van der Waals surface area (Å²) in [4.78, 5) is 2.55. The van der Waals surface area contributed by atoms with Crippen LogP contribution in [0.2, 0.25) is 0 Å². The number of nitrogens with zero attached hydrogens (tertiary/aromatic N) is 1. The number of anilines is 1. The number of rotatable bonds is 6. The second-order valence-electron chi connectivity index (χ2n) is 7.00. The Hall–Kier alpha value is -1.02. The Kier molecular flexibility index (Phi) is 4.30.